The first-order valence-electron chi connectivity index (χ1n) is 5.86. The zero-order valence-electron chi connectivity index (χ0n) is 10.6. The molecule has 0 fully saturated rings. The summed E-state index contributed by atoms with van der Waals surface area (Å²) in [4.78, 5) is 11.5. The number of nitrogens with one attached hydrogen (secondary N) is 1. The number of H-pyrrole nitrogens is 1. The fraction of sp³-hybridized carbons (Fsp3) is 0.286. The quantitative estimate of drug-likeness (QED) is 0.710. The van der Waals surface area contributed by atoms with Crippen LogP contribution < -0.4 is 0 Å². The number of hydrogen-bond donors (Lipinski definition) is 1. The van der Waals surface area contributed by atoms with Gasteiger partial charge in [-0.25, -0.2) is 9.97 Å². The number of aromatic nitrogens is 3. The molecular formula is C14H14N3O. The second-order valence-corrected chi connectivity index (χ2v) is 5.34. The van der Waals surface area contributed by atoms with Crippen LogP contribution in [0.3, 0.4) is 0 Å². The maximum absolute atomic E-state index is 5.75. The molecule has 18 heavy (non-hydrogen) atoms. The van der Waals surface area contributed by atoms with E-state index in [0.29, 0.717) is 11.7 Å². The van der Waals surface area contributed by atoms with E-state index in [1.807, 2.05) is 18.2 Å². The topological polar surface area (TPSA) is 54.7 Å². The summed E-state index contributed by atoms with van der Waals surface area (Å²) < 4.78 is 5.75. The molecule has 0 aliphatic rings. The van der Waals surface area contributed by atoms with Crippen molar-refractivity contribution in [1.82, 2.24) is 15.0 Å². The van der Waals surface area contributed by atoms with Crippen molar-refractivity contribution in [2.75, 3.05) is 0 Å². The number of imidazole rings is 1. The van der Waals surface area contributed by atoms with E-state index in [-0.39, 0.29) is 5.41 Å². The molecule has 1 radical (unpaired) electrons. The molecule has 1 aromatic carbocycles. The van der Waals surface area contributed by atoms with Crippen LogP contribution in [0.1, 0.15) is 26.7 Å². The largest absolute Gasteiger partial charge is 0.439 e. The predicted octanol–water partition coefficient (Wildman–Crippen LogP) is 3.32. The average molecular weight is 240 g/mol. The van der Waals surface area contributed by atoms with Gasteiger partial charge in [0.2, 0.25) is 5.89 Å². The number of fused-ring (bicyclic) bond motifs is 1. The molecule has 4 heteroatoms. The Labute approximate surface area is 105 Å². The Morgan fingerprint density at radius 3 is 2.83 bits per heavy atom. The Hall–Kier alpha value is -2.10. The van der Waals surface area contributed by atoms with E-state index < -0.39 is 0 Å². The summed E-state index contributed by atoms with van der Waals surface area (Å²) in [6.45, 7) is 6.19. The fourth-order valence-corrected chi connectivity index (χ4v) is 1.76. The minimum atomic E-state index is -0.106. The fourth-order valence-electron chi connectivity index (χ4n) is 1.76. The molecule has 0 aliphatic carbocycles. The average Bonchev–Trinajstić information content (AvgIpc) is 2.96. The molecule has 3 aromatic rings. The normalized spacial score (nSPS) is 12.2. The van der Waals surface area contributed by atoms with E-state index >= 15 is 0 Å². The smallest absolute Gasteiger partial charge is 0.200 e. The van der Waals surface area contributed by atoms with Gasteiger partial charge < -0.3 is 9.40 Å². The minimum absolute atomic E-state index is 0.106. The lowest BCUT2D eigenvalue weighted by Crippen LogP contribution is -2.10. The third kappa shape index (κ3) is 1.79. The first kappa shape index (κ1) is 11.0. The third-order valence-corrected chi connectivity index (χ3v) is 2.78. The summed E-state index contributed by atoms with van der Waals surface area (Å²) in [6.07, 6.45) is 4.61. The summed E-state index contributed by atoms with van der Waals surface area (Å²) in [5, 5.41) is 0. The number of benzene rings is 1. The summed E-state index contributed by atoms with van der Waals surface area (Å²) in [7, 11) is 0. The van der Waals surface area contributed by atoms with Crippen molar-refractivity contribution in [3.63, 3.8) is 0 Å². The highest BCUT2D eigenvalue weighted by Gasteiger charge is 2.21. The van der Waals surface area contributed by atoms with Gasteiger partial charge >= 0.3 is 0 Å². The Kier molecular flexibility index (Phi) is 2.26. The van der Waals surface area contributed by atoms with E-state index in [9.17, 15) is 0 Å². The van der Waals surface area contributed by atoms with Gasteiger partial charge in [0.25, 0.3) is 0 Å². The molecule has 1 N–H and O–H groups in total. The standard InChI is InChI=1S/C14H14N3O/c1-14(2,3)13-15-7-12(18-13)9-4-5-10-11(6-9)17-8-16-10/h4-6,8H,1-3H3,(H,16,17). The number of hydrogen-bond acceptors (Lipinski definition) is 3. The molecule has 0 spiro atoms. The molecule has 0 saturated carbocycles. The number of aromatic amines is 1. The Balaban J connectivity index is 2.06. The van der Waals surface area contributed by atoms with Gasteiger partial charge in [0.1, 0.15) is 6.20 Å². The van der Waals surface area contributed by atoms with E-state index in [2.05, 4.69) is 41.9 Å². The van der Waals surface area contributed by atoms with Crippen molar-refractivity contribution >= 4 is 11.0 Å². The Bertz CT molecular complexity index is 688. The molecule has 0 saturated heterocycles. The molecular weight excluding hydrogens is 226 g/mol. The molecule has 2 heterocycles. The van der Waals surface area contributed by atoms with Gasteiger partial charge in [-0.15, -0.1) is 0 Å². The van der Waals surface area contributed by atoms with E-state index in [1.165, 1.54) is 0 Å². The van der Waals surface area contributed by atoms with Crippen molar-refractivity contribution < 1.29 is 4.42 Å². The zero-order valence-corrected chi connectivity index (χ0v) is 10.6. The van der Waals surface area contributed by atoms with Gasteiger partial charge in [0, 0.05) is 11.0 Å². The maximum atomic E-state index is 5.75. The number of rotatable bonds is 1. The summed E-state index contributed by atoms with van der Waals surface area (Å²) in [5.74, 6) is 1.35. The Morgan fingerprint density at radius 1 is 1.28 bits per heavy atom. The first-order valence-corrected chi connectivity index (χ1v) is 5.86. The molecule has 91 valence electrons. The molecule has 0 amide bonds. The van der Waals surface area contributed by atoms with Crippen molar-refractivity contribution in [2.45, 2.75) is 26.2 Å². The second kappa shape index (κ2) is 3.70. The molecule has 0 aliphatic heterocycles. The molecule has 0 bridgehead atoms. The second-order valence-electron chi connectivity index (χ2n) is 5.34. The van der Waals surface area contributed by atoms with E-state index in [4.69, 9.17) is 4.42 Å². The SMILES string of the molecule is CC(C)(C)c1n[c]c(-c2ccc3[nH]cnc3c2)o1. The molecule has 0 atom stereocenters. The van der Waals surface area contributed by atoms with Crippen molar-refractivity contribution in [3.05, 3.63) is 36.6 Å². The van der Waals surface area contributed by atoms with Crippen molar-refractivity contribution in [1.29, 1.82) is 0 Å². The van der Waals surface area contributed by atoms with Crippen LogP contribution in [0.25, 0.3) is 22.4 Å². The lowest BCUT2D eigenvalue weighted by Gasteiger charge is -2.12. The lowest BCUT2D eigenvalue weighted by atomic mass is 9.97. The van der Waals surface area contributed by atoms with Gasteiger partial charge in [-0.05, 0) is 18.2 Å². The van der Waals surface area contributed by atoms with Crippen LogP contribution in [0.4, 0.5) is 0 Å². The van der Waals surface area contributed by atoms with Crippen molar-refractivity contribution in [3.8, 4) is 11.3 Å². The van der Waals surface area contributed by atoms with Gasteiger partial charge in [0.15, 0.2) is 5.76 Å². The van der Waals surface area contributed by atoms with Gasteiger partial charge in [0.05, 0.1) is 17.4 Å². The van der Waals surface area contributed by atoms with Crippen LogP contribution in [-0.2, 0) is 5.41 Å². The highest BCUT2D eigenvalue weighted by atomic mass is 16.4. The van der Waals surface area contributed by atoms with Crippen LogP contribution in [0.15, 0.2) is 28.9 Å². The third-order valence-electron chi connectivity index (χ3n) is 2.78. The first-order chi connectivity index (χ1) is 8.54. The van der Waals surface area contributed by atoms with E-state index in [0.717, 1.165) is 16.6 Å². The summed E-state index contributed by atoms with van der Waals surface area (Å²) >= 11 is 0. The van der Waals surface area contributed by atoms with Crippen molar-refractivity contribution in [2.24, 2.45) is 0 Å². The van der Waals surface area contributed by atoms with Crippen LogP contribution in [0.2, 0.25) is 0 Å². The van der Waals surface area contributed by atoms with Crippen LogP contribution in [0.5, 0.6) is 0 Å². The highest BCUT2D eigenvalue weighted by Crippen LogP contribution is 2.27. The van der Waals surface area contributed by atoms with E-state index in [1.54, 1.807) is 6.33 Å². The van der Waals surface area contributed by atoms with Crippen LogP contribution >= 0.6 is 0 Å². The molecule has 0 unspecified atom stereocenters. The predicted molar refractivity (Wildman–Crippen MR) is 69.1 cm³/mol. The maximum Gasteiger partial charge on any atom is 0.200 e. The van der Waals surface area contributed by atoms with Gasteiger partial charge in [-0.3, -0.25) is 0 Å². The molecule has 4 nitrogen and oxygen atoms in total. The molecule has 2 aromatic heterocycles. The highest BCUT2D eigenvalue weighted by molar-refractivity contribution is 5.80. The number of nitrogens with zero attached hydrogens (tertiary/aromatic N) is 2. The summed E-state index contributed by atoms with van der Waals surface area (Å²) in [6, 6.07) is 5.92. The van der Waals surface area contributed by atoms with Crippen LogP contribution in [0, 0.1) is 6.20 Å². The van der Waals surface area contributed by atoms with Gasteiger partial charge in [-0.2, -0.15) is 0 Å². The molecule has 3 rings (SSSR count). The monoisotopic (exact) mass is 240 g/mol. The number of oxazole rings is 1. The summed E-state index contributed by atoms with van der Waals surface area (Å²) in [5.41, 5.74) is 2.76. The Morgan fingerprint density at radius 2 is 2.11 bits per heavy atom. The van der Waals surface area contributed by atoms with Crippen LogP contribution in [-0.4, -0.2) is 15.0 Å². The van der Waals surface area contributed by atoms with Gasteiger partial charge in [-0.1, -0.05) is 20.8 Å². The lowest BCUT2D eigenvalue weighted by molar-refractivity contribution is 0.399. The zero-order chi connectivity index (χ0) is 12.8. The minimum Gasteiger partial charge on any atom is -0.439 e.